The molecule has 146 valence electrons. The molecule has 0 saturated carbocycles. The number of carbonyl (C=O) groups is 2. The lowest BCUT2D eigenvalue weighted by Gasteiger charge is -2.23. The predicted octanol–water partition coefficient (Wildman–Crippen LogP) is 4.13. The second-order valence-electron chi connectivity index (χ2n) is 7.22. The summed E-state index contributed by atoms with van der Waals surface area (Å²) in [6.07, 6.45) is 13.4. The smallest absolute Gasteiger partial charge is 0.303 e. The third kappa shape index (κ3) is 9.83. The van der Waals surface area contributed by atoms with Crippen LogP contribution in [-0.2, 0) is 19.1 Å². The molecule has 1 N–H and O–H groups in total. The standard InChI is InChI=1S/C20H37NO4/c1-4-5-6-7-8-9-10-11-12-13-14-19-20(25-17(3)23)18(15-24-19)21-16(2)22/h18-20H,4-15H2,1-3H3,(H,21,22). The van der Waals surface area contributed by atoms with E-state index in [1.54, 1.807) is 0 Å². The molecule has 5 nitrogen and oxygen atoms in total. The normalized spacial score (nSPS) is 22.8. The fraction of sp³-hybridized carbons (Fsp3) is 0.900. The van der Waals surface area contributed by atoms with Crippen LogP contribution in [0.2, 0.25) is 0 Å². The topological polar surface area (TPSA) is 64.6 Å². The average molecular weight is 356 g/mol. The Labute approximate surface area is 153 Å². The van der Waals surface area contributed by atoms with E-state index in [9.17, 15) is 9.59 Å². The van der Waals surface area contributed by atoms with Gasteiger partial charge in [-0.1, -0.05) is 71.1 Å². The number of rotatable bonds is 13. The van der Waals surface area contributed by atoms with E-state index in [1.807, 2.05) is 0 Å². The van der Waals surface area contributed by atoms with E-state index >= 15 is 0 Å². The van der Waals surface area contributed by atoms with Gasteiger partial charge in [-0.2, -0.15) is 0 Å². The zero-order valence-corrected chi connectivity index (χ0v) is 16.4. The number of amides is 1. The molecule has 1 fully saturated rings. The summed E-state index contributed by atoms with van der Waals surface area (Å²) in [5, 5.41) is 2.83. The average Bonchev–Trinajstić information content (AvgIpc) is 2.90. The van der Waals surface area contributed by atoms with Crippen molar-refractivity contribution in [3.8, 4) is 0 Å². The van der Waals surface area contributed by atoms with Crippen LogP contribution in [0.1, 0.15) is 91.4 Å². The van der Waals surface area contributed by atoms with Gasteiger partial charge in [0.25, 0.3) is 0 Å². The van der Waals surface area contributed by atoms with Crippen LogP contribution in [0.25, 0.3) is 0 Å². The highest BCUT2D eigenvalue weighted by Gasteiger charge is 2.39. The van der Waals surface area contributed by atoms with Gasteiger partial charge in [0.2, 0.25) is 5.91 Å². The van der Waals surface area contributed by atoms with Crippen molar-refractivity contribution in [1.82, 2.24) is 5.32 Å². The third-order valence-electron chi connectivity index (χ3n) is 4.79. The van der Waals surface area contributed by atoms with Crippen molar-refractivity contribution < 1.29 is 19.1 Å². The van der Waals surface area contributed by atoms with Gasteiger partial charge in [-0.3, -0.25) is 9.59 Å². The Hall–Kier alpha value is -1.10. The van der Waals surface area contributed by atoms with Gasteiger partial charge in [0.15, 0.2) is 6.10 Å². The SMILES string of the molecule is CCCCCCCCCCCCC1OCC(NC(C)=O)C1OC(C)=O. The molecule has 0 aromatic rings. The molecular formula is C20H37NO4. The Kier molecular flexibility index (Phi) is 11.5. The molecule has 1 rings (SSSR count). The number of hydrogen-bond acceptors (Lipinski definition) is 4. The van der Waals surface area contributed by atoms with Crippen molar-refractivity contribution >= 4 is 11.9 Å². The first-order chi connectivity index (χ1) is 12.0. The van der Waals surface area contributed by atoms with Crippen molar-refractivity contribution in [3.05, 3.63) is 0 Å². The molecule has 1 aliphatic heterocycles. The first kappa shape index (κ1) is 21.9. The lowest BCUT2D eigenvalue weighted by molar-refractivity contribution is -0.150. The Morgan fingerprint density at radius 2 is 1.52 bits per heavy atom. The van der Waals surface area contributed by atoms with Gasteiger partial charge in [0.1, 0.15) is 0 Å². The molecular weight excluding hydrogens is 318 g/mol. The minimum absolute atomic E-state index is 0.102. The molecule has 3 unspecified atom stereocenters. The minimum atomic E-state index is -0.361. The highest BCUT2D eigenvalue weighted by atomic mass is 16.6. The Balaban J connectivity index is 2.15. The Bertz CT molecular complexity index is 386. The van der Waals surface area contributed by atoms with Crippen LogP contribution < -0.4 is 5.32 Å². The number of unbranched alkanes of at least 4 members (excludes halogenated alkanes) is 9. The van der Waals surface area contributed by atoms with Crippen LogP contribution in [0.4, 0.5) is 0 Å². The predicted molar refractivity (Wildman–Crippen MR) is 99.4 cm³/mol. The van der Waals surface area contributed by atoms with Gasteiger partial charge in [0, 0.05) is 13.8 Å². The first-order valence-corrected chi connectivity index (χ1v) is 10.1. The molecule has 1 saturated heterocycles. The van der Waals surface area contributed by atoms with Crippen molar-refractivity contribution in [1.29, 1.82) is 0 Å². The minimum Gasteiger partial charge on any atom is -0.457 e. The van der Waals surface area contributed by atoms with Crippen LogP contribution in [0.15, 0.2) is 0 Å². The lowest BCUT2D eigenvalue weighted by atomic mass is 10.0. The molecule has 0 bridgehead atoms. The molecule has 0 radical (unpaired) electrons. The zero-order chi connectivity index (χ0) is 18.5. The summed E-state index contributed by atoms with van der Waals surface area (Å²) in [4.78, 5) is 22.6. The maximum atomic E-state index is 11.3. The van der Waals surface area contributed by atoms with Gasteiger partial charge < -0.3 is 14.8 Å². The van der Waals surface area contributed by atoms with Gasteiger partial charge in [-0.05, 0) is 6.42 Å². The fourth-order valence-electron chi connectivity index (χ4n) is 3.49. The monoisotopic (exact) mass is 355 g/mol. The largest absolute Gasteiger partial charge is 0.457 e. The molecule has 0 spiro atoms. The lowest BCUT2D eigenvalue weighted by Crippen LogP contribution is -2.45. The summed E-state index contributed by atoms with van der Waals surface area (Å²) in [5.74, 6) is -0.440. The summed E-state index contributed by atoms with van der Waals surface area (Å²) in [6, 6.07) is -0.227. The summed E-state index contributed by atoms with van der Waals surface area (Å²) in [7, 11) is 0. The third-order valence-corrected chi connectivity index (χ3v) is 4.79. The van der Waals surface area contributed by atoms with Gasteiger partial charge in [-0.15, -0.1) is 0 Å². The highest BCUT2D eigenvalue weighted by molar-refractivity contribution is 5.73. The molecule has 5 heteroatoms. The van der Waals surface area contributed by atoms with Gasteiger partial charge >= 0.3 is 5.97 Å². The van der Waals surface area contributed by atoms with E-state index in [2.05, 4.69) is 12.2 Å². The van der Waals surface area contributed by atoms with E-state index in [-0.39, 0.29) is 30.1 Å². The van der Waals surface area contributed by atoms with Crippen LogP contribution in [0.5, 0.6) is 0 Å². The van der Waals surface area contributed by atoms with Crippen LogP contribution >= 0.6 is 0 Å². The maximum absolute atomic E-state index is 11.3. The molecule has 0 aromatic heterocycles. The second-order valence-corrected chi connectivity index (χ2v) is 7.22. The molecule has 1 aliphatic rings. The van der Waals surface area contributed by atoms with Crippen molar-refractivity contribution in [2.24, 2.45) is 0 Å². The van der Waals surface area contributed by atoms with Crippen molar-refractivity contribution in [3.63, 3.8) is 0 Å². The first-order valence-electron chi connectivity index (χ1n) is 10.1. The summed E-state index contributed by atoms with van der Waals surface area (Å²) < 4.78 is 11.2. The van der Waals surface area contributed by atoms with E-state index < -0.39 is 0 Å². The molecule has 1 heterocycles. The van der Waals surface area contributed by atoms with Crippen LogP contribution in [0.3, 0.4) is 0 Å². The number of ether oxygens (including phenoxy) is 2. The number of esters is 1. The highest BCUT2D eigenvalue weighted by Crippen LogP contribution is 2.23. The summed E-state index contributed by atoms with van der Waals surface area (Å²) in [5.41, 5.74) is 0. The summed E-state index contributed by atoms with van der Waals surface area (Å²) >= 11 is 0. The Morgan fingerprint density at radius 1 is 0.960 bits per heavy atom. The van der Waals surface area contributed by atoms with E-state index in [0.29, 0.717) is 6.61 Å². The number of carbonyl (C=O) groups excluding carboxylic acids is 2. The van der Waals surface area contributed by atoms with E-state index in [1.165, 1.54) is 71.6 Å². The molecule has 0 aromatic carbocycles. The van der Waals surface area contributed by atoms with Crippen molar-refractivity contribution in [2.75, 3.05) is 6.61 Å². The molecule has 25 heavy (non-hydrogen) atoms. The fourth-order valence-corrected chi connectivity index (χ4v) is 3.49. The van der Waals surface area contributed by atoms with Gasteiger partial charge in [0.05, 0.1) is 18.8 Å². The number of hydrogen-bond donors (Lipinski definition) is 1. The van der Waals surface area contributed by atoms with Gasteiger partial charge in [-0.25, -0.2) is 0 Å². The quantitative estimate of drug-likeness (QED) is 0.398. The molecule has 3 atom stereocenters. The zero-order valence-electron chi connectivity index (χ0n) is 16.4. The van der Waals surface area contributed by atoms with E-state index in [0.717, 1.165) is 12.8 Å². The second kappa shape index (κ2) is 13.2. The van der Waals surface area contributed by atoms with Crippen molar-refractivity contribution in [2.45, 2.75) is 110 Å². The van der Waals surface area contributed by atoms with E-state index in [4.69, 9.17) is 9.47 Å². The number of nitrogens with one attached hydrogen (secondary N) is 1. The van der Waals surface area contributed by atoms with Crippen LogP contribution in [0, 0.1) is 0 Å². The molecule has 0 aliphatic carbocycles. The van der Waals surface area contributed by atoms with Crippen LogP contribution in [-0.4, -0.2) is 36.7 Å². The Morgan fingerprint density at radius 3 is 2.04 bits per heavy atom. The molecule has 1 amide bonds. The summed E-state index contributed by atoms with van der Waals surface area (Å²) in [6.45, 7) is 5.54. The maximum Gasteiger partial charge on any atom is 0.303 e.